The number of aromatic nitrogens is 5. The Morgan fingerprint density at radius 1 is 1.10 bits per heavy atom. The third-order valence-electron chi connectivity index (χ3n) is 9.41. The summed E-state index contributed by atoms with van der Waals surface area (Å²) in [5, 5.41) is 6.58. The maximum atomic E-state index is 16.3. The largest absolute Gasteiger partial charge is 0.491 e. The first-order valence-corrected chi connectivity index (χ1v) is 16.8. The lowest BCUT2D eigenvalue weighted by Gasteiger charge is -2.29. The van der Waals surface area contributed by atoms with E-state index in [1.807, 2.05) is 59.7 Å². The summed E-state index contributed by atoms with van der Waals surface area (Å²) in [6.07, 6.45) is 6.83. The fourth-order valence-corrected chi connectivity index (χ4v) is 6.98. The fourth-order valence-electron chi connectivity index (χ4n) is 6.98. The minimum Gasteiger partial charge on any atom is -0.491 e. The molecule has 0 aliphatic carbocycles. The van der Waals surface area contributed by atoms with Crippen molar-refractivity contribution in [3.8, 4) is 39.5 Å². The van der Waals surface area contributed by atoms with Gasteiger partial charge in [0.05, 0.1) is 54.1 Å². The van der Waals surface area contributed by atoms with Gasteiger partial charge in [-0.15, -0.1) is 0 Å². The Hall–Kier alpha value is -4.97. The summed E-state index contributed by atoms with van der Waals surface area (Å²) in [5.41, 5.74) is 5.35. The van der Waals surface area contributed by atoms with Crippen molar-refractivity contribution >= 4 is 23.2 Å². The van der Waals surface area contributed by atoms with E-state index < -0.39 is 6.04 Å². The summed E-state index contributed by atoms with van der Waals surface area (Å²) in [5.74, 6) is 1.72. The first-order chi connectivity index (χ1) is 23.4. The number of halogens is 1. The van der Waals surface area contributed by atoms with Crippen LogP contribution < -0.4 is 15.4 Å². The van der Waals surface area contributed by atoms with Crippen molar-refractivity contribution in [1.29, 1.82) is 0 Å². The third kappa shape index (κ3) is 5.74. The number of H-pyrrole nitrogens is 2. The monoisotopic (exact) mass is 652 g/mol. The van der Waals surface area contributed by atoms with Gasteiger partial charge in [-0.25, -0.2) is 14.4 Å². The minimum absolute atomic E-state index is 0.0383. The summed E-state index contributed by atoms with van der Waals surface area (Å²) in [6.45, 7) is 9.04. The van der Waals surface area contributed by atoms with E-state index >= 15 is 4.39 Å². The van der Waals surface area contributed by atoms with E-state index in [9.17, 15) is 9.59 Å². The Labute approximate surface area is 278 Å². The van der Waals surface area contributed by atoms with Gasteiger partial charge in [0.1, 0.15) is 30.0 Å². The predicted octanol–water partition coefficient (Wildman–Crippen LogP) is 5.55. The van der Waals surface area contributed by atoms with E-state index in [2.05, 4.69) is 37.5 Å². The molecule has 2 aromatic carbocycles. The van der Waals surface area contributed by atoms with Gasteiger partial charge in [-0.05, 0) is 56.0 Å². The van der Waals surface area contributed by atoms with Crippen molar-refractivity contribution in [2.24, 2.45) is 5.92 Å². The lowest BCUT2D eigenvalue weighted by Crippen LogP contribution is -2.48. The Morgan fingerprint density at radius 3 is 2.71 bits per heavy atom. The molecule has 0 saturated carbocycles. The molecule has 12 heteroatoms. The number of amides is 2. The molecule has 2 aliphatic heterocycles. The Balaban J connectivity index is 1.16. The molecule has 0 unspecified atom stereocenters. The molecule has 0 spiro atoms. The van der Waals surface area contributed by atoms with Crippen LogP contribution in [0.2, 0.25) is 0 Å². The topological polar surface area (TPSA) is 133 Å². The molecule has 0 radical (unpaired) electrons. The summed E-state index contributed by atoms with van der Waals surface area (Å²) in [6, 6.07) is 10.8. The zero-order chi connectivity index (χ0) is 33.4. The Morgan fingerprint density at radius 2 is 1.90 bits per heavy atom. The number of likely N-dealkylation sites (tertiary alicyclic amines) is 1. The second-order valence-corrected chi connectivity index (χ2v) is 12.9. The molecule has 1 fully saturated rings. The second kappa shape index (κ2) is 13.3. The molecule has 2 atom stereocenters. The van der Waals surface area contributed by atoms with Crippen molar-refractivity contribution < 1.29 is 18.7 Å². The average molecular weight is 653 g/mol. The molecule has 250 valence electrons. The zero-order valence-corrected chi connectivity index (χ0v) is 27.5. The molecule has 7 rings (SSSR count). The molecule has 2 aliphatic rings. The van der Waals surface area contributed by atoms with Crippen molar-refractivity contribution in [2.45, 2.75) is 65.2 Å². The van der Waals surface area contributed by atoms with E-state index in [1.54, 1.807) is 12.4 Å². The zero-order valence-electron chi connectivity index (χ0n) is 27.5. The number of hydrogen-bond acceptors (Lipinski definition) is 6. The van der Waals surface area contributed by atoms with Crippen molar-refractivity contribution in [2.75, 3.05) is 19.7 Å². The smallest absolute Gasteiger partial charge is 0.246 e. The van der Waals surface area contributed by atoms with Gasteiger partial charge in [0.15, 0.2) is 5.82 Å². The van der Waals surface area contributed by atoms with Gasteiger partial charge in [0, 0.05) is 28.6 Å². The number of rotatable bonds is 11. The molecule has 4 N–H and O–H groups in total. The average Bonchev–Trinajstić information content (AvgIpc) is 3.89. The molecule has 48 heavy (non-hydrogen) atoms. The summed E-state index contributed by atoms with van der Waals surface area (Å²) < 4.78 is 24.5. The van der Waals surface area contributed by atoms with Gasteiger partial charge >= 0.3 is 0 Å². The van der Waals surface area contributed by atoms with Crippen LogP contribution in [-0.4, -0.2) is 67.5 Å². The first-order valence-electron chi connectivity index (χ1n) is 16.8. The number of hydrogen-bond donors (Lipinski definition) is 4. The normalized spacial score (nSPS) is 16.4. The van der Waals surface area contributed by atoms with E-state index in [0.29, 0.717) is 60.9 Å². The summed E-state index contributed by atoms with van der Waals surface area (Å²) in [7, 11) is 0. The van der Waals surface area contributed by atoms with Crippen LogP contribution in [0.1, 0.15) is 57.7 Å². The number of nitrogens with zero attached hydrogens (tertiary/aromatic N) is 4. The highest BCUT2D eigenvalue weighted by atomic mass is 19.1. The van der Waals surface area contributed by atoms with Crippen LogP contribution in [0.5, 0.6) is 5.75 Å². The van der Waals surface area contributed by atoms with Crippen LogP contribution in [0.25, 0.3) is 44.7 Å². The summed E-state index contributed by atoms with van der Waals surface area (Å²) in [4.78, 5) is 42.3. The molecule has 1 saturated heterocycles. The predicted molar refractivity (Wildman–Crippen MR) is 182 cm³/mol. The standard InChI is InChI=1S/C36H41FN8O3/c1-4-11-38-19-31-39-17-26(42-31)22-8-10-28-25(15-22)32(37)34-24-9-7-23(16-30(24)48-14-13-44(28)34)27-18-40-35(43-27)29-6-5-12-45(29)36(47)33(21(2)3)41-20-46/h7-10,15-18,20-21,29,33,38H,4-6,11-14,19H2,1-3H3,(H,39,42)(H,40,43)(H,41,46)/t29-,33+/m1/s1. The van der Waals surface area contributed by atoms with E-state index in [-0.39, 0.29) is 23.7 Å². The molecule has 3 aromatic heterocycles. The number of nitrogens with one attached hydrogen (secondary N) is 4. The van der Waals surface area contributed by atoms with Crippen molar-refractivity contribution in [3.05, 3.63) is 66.3 Å². The molecule has 2 amide bonds. The molecule has 0 bridgehead atoms. The molecule has 11 nitrogen and oxygen atoms in total. The molecular formula is C36H41FN8O3. The number of carbonyl (C=O) groups excluding carboxylic acids is 2. The van der Waals surface area contributed by atoms with Crippen LogP contribution in [0.15, 0.2) is 48.8 Å². The fraction of sp³-hybridized carbons (Fsp3) is 0.389. The lowest BCUT2D eigenvalue weighted by atomic mass is 10.0. The SMILES string of the molecule is CCCNCc1ncc(-c2ccc3c(c2)c(F)c2n3CCOc3cc(-c4cnc([C@H]5CCCN5C(=O)[C@@H](NC=O)C(C)C)[nH]4)ccc3-2)[nH]1. The molecule has 5 aromatic rings. The van der Waals surface area contributed by atoms with Gasteiger partial charge in [-0.2, -0.15) is 0 Å². The van der Waals surface area contributed by atoms with Gasteiger partial charge in [0.2, 0.25) is 12.3 Å². The first kappa shape index (κ1) is 31.6. The summed E-state index contributed by atoms with van der Waals surface area (Å²) >= 11 is 0. The Bertz CT molecular complexity index is 1960. The van der Waals surface area contributed by atoms with Crippen LogP contribution >= 0.6 is 0 Å². The van der Waals surface area contributed by atoms with Gasteiger partial charge in [-0.1, -0.05) is 32.9 Å². The number of fused-ring (bicyclic) bond motifs is 5. The van der Waals surface area contributed by atoms with Crippen molar-refractivity contribution in [1.82, 2.24) is 40.0 Å². The third-order valence-corrected chi connectivity index (χ3v) is 9.41. The van der Waals surface area contributed by atoms with E-state index in [4.69, 9.17) is 4.74 Å². The van der Waals surface area contributed by atoms with Crippen LogP contribution in [-0.2, 0) is 22.7 Å². The number of ether oxygens (including phenoxy) is 1. The number of imidazole rings is 2. The molecular weight excluding hydrogens is 611 g/mol. The minimum atomic E-state index is -0.585. The highest BCUT2D eigenvalue weighted by molar-refractivity contribution is 5.92. The second-order valence-electron chi connectivity index (χ2n) is 12.9. The number of benzene rings is 2. The van der Waals surface area contributed by atoms with Crippen molar-refractivity contribution in [3.63, 3.8) is 0 Å². The van der Waals surface area contributed by atoms with Crippen LogP contribution in [0.4, 0.5) is 4.39 Å². The van der Waals surface area contributed by atoms with Gasteiger partial charge in [0.25, 0.3) is 0 Å². The quantitative estimate of drug-likeness (QED) is 0.109. The highest BCUT2D eigenvalue weighted by Crippen LogP contribution is 2.42. The van der Waals surface area contributed by atoms with Gasteiger partial charge < -0.3 is 34.8 Å². The van der Waals surface area contributed by atoms with E-state index in [1.165, 1.54) is 0 Å². The van der Waals surface area contributed by atoms with Gasteiger partial charge in [-0.3, -0.25) is 9.59 Å². The van der Waals surface area contributed by atoms with Crippen LogP contribution in [0, 0.1) is 11.7 Å². The highest BCUT2D eigenvalue weighted by Gasteiger charge is 2.36. The number of aromatic amines is 2. The maximum Gasteiger partial charge on any atom is 0.246 e. The van der Waals surface area contributed by atoms with E-state index in [0.717, 1.165) is 59.7 Å². The lowest BCUT2D eigenvalue weighted by molar-refractivity contribution is -0.137. The molecule has 5 heterocycles. The Kier molecular flexibility index (Phi) is 8.74. The number of carbonyl (C=O) groups is 2. The maximum absolute atomic E-state index is 16.3. The van der Waals surface area contributed by atoms with Crippen LogP contribution in [0.3, 0.4) is 0 Å².